The lowest BCUT2D eigenvalue weighted by Crippen LogP contribution is -2.11. The summed E-state index contributed by atoms with van der Waals surface area (Å²) in [5.41, 5.74) is 6.68. The minimum atomic E-state index is 0.123. The van der Waals surface area contributed by atoms with E-state index in [4.69, 9.17) is 15.2 Å². The minimum Gasteiger partial charge on any atom is -0.491 e. The van der Waals surface area contributed by atoms with Crippen molar-refractivity contribution < 1.29 is 9.47 Å². The number of nitrogens with two attached hydrogens (primary N) is 1. The Labute approximate surface area is 109 Å². The first kappa shape index (κ1) is 13.1. The molecule has 0 atom stereocenters. The quantitative estimate of drug-likeness (QED) is 0.810. The number of hydrogen-bond donors (Lipinski definition) is 1. The van der Waals surface area contributed by atoms with E-state index < -0.39 is 0 Å². The van der Waals surface area contributed by atoms with Crippen molar-refractivity contribution in [3.63, 3.8) is 0 Å². The van der Waals surface area contributed by atoms with Gasteiger partial charge >= 0.3 is 0 Å². The Balaban J connectivity index is 1.98. The Morgan fingerprint density at radius 1 is 1.22 bits per heavy atom. The number of para-hydroxylation sites is 1. The van der Waals surface area contributed by atoms with Crippen LogP contribution in [0.25, 0.3) is 0 Å². The van der Waals surface area contributed by atoms with Crippen LogP contribution in [0, 0.1) is 5.92 Å². The van der Waals surface area contributed by atoms with Crippen LogP contribution in [0.15, 0.2) is 18.2 Å². The number of anilines is 1. The van der Waals surface area contributed by atoms with Crippen molar-refractivity contribution in [1.82, 2.24) is 0 Å². The molecule has 0 spiro atoms. The van der Waals surface area contributed by atoms with Gasteiger partial charge in [0.2, 0.25) is 0 Å². The molecule has 1 aromatic carbocycles. The van der Waals surface area contributed by atoms with Crippen LogP contribution in [0.5, 0.6) is 11.5 Å². The smallest absolute Gasteiger partial charge is 0.146 e. The molecule has 0 radical (unpaired) electrons. The summed E-state index contributed by atoms with van der Waals surface area (Å²) in [4.78, 5) is 0. The molecule has 0 aliphatic heterocycles. The van der Waals surface area contributed by atoms with Crippen LogP contribution < -0.4 is 15.2 Å². The average Bonchev–Trinajstić information content (AvgIpc) is 2.83. The van der Waals surface area contributed by atoms with E-state index >= 15 is 0 Å². The van der Waals surface area contributed by atoms with Gasteiger partial charge in [0, 0.05) is 0 Å². The summed E-state index contributed by atoms with van der Waals surface area (Å²) < 4.78 is 11.5. The molecule has 2 rings (SSSR count). The highest BCUT2D eigenvalue weighted by molar-refractivity contribution is 5.62. The molecule has 0 amide bonds. The number of benzene rings is 1. The summed E-state index contributed by atoms with van der Waals surface area (Å²) in [5.74, 6) is 2.16. The summed E-state index contributed by atoms with van der Waals surface area (Å²) in [5, 5.41) is 0. The normalized spacial score (nSPS) is 16.2. The lowest BCUT2D eigenvalue weighted by Gasteiger charge is -2.16. The lowest BCUT2D eigenvalue weighted by atomic mass is 10.1. The van der Waals surface area contributed by atoms with E-state index in [0.29, 0.717) is 17.4 Å². The van der Waals surface area contributed by atoms with Gasteiger partial charge in [-0.25, -0.2) is 0 Å². The minimum absolute atomic E-state index is 0.123. The van der Waals surface area contributed by atoms with Gasteiger partial charge in [0.05, 0.1) is 12.7 Å². The Morgan fingerprint density at radius 2 is 1.89 bits per heavy atom. The number of rotatable bonds is 5. The standard InChI is InChI=1S/C15H23NO2/c1-11(2)18-14-9-5-8-13(15(14)16)17-10-12-6-3-4-7-12/h5,8-9,11-12H,3-4,6-7,10,16H2,1-2H3. The molecule has 3 heteroatoms. The van der Waals surface area contributed by atoms with Gasteiger partial charge in [0.25, 0.3) is 0 Å². The second-order valence-electron chi connectivity index (χ2n) is 5.30. The molecule has 0 bridgehead atoms. The summed E-state index contributed by atoms with van der Waals surface area (Å²) in [6, 6.07) is 5.73. The Kier molecular flexibility index (Phi) is 4.34. The molecule has 1 aliphatic carbocycles. The molecule has 0 aromatic heterocycles. The summed E-state index contributed by atoms with van der Waals surface area (Å²) in [6.45, 7) is 4.76. The predicted molar refractivity (Wildman–Crippen MR) is 74.1 cm³/mol. The van der Waals surface area contributed by atoms with Crippen LogP contribution in [0.4, 0.5) is 5.69 Å². The Morgan fingerprint density at radius 3 is 2.56 bits per heavy atom. The van der Waals surface area contributed by atoms with E-state index in [1.807, 2.05) is 32.0 Å². The van der Waals surface area contributed by atoms with Crippen molar-refractivity contribution in [3.05, 3.63) is 18.2 Å². The Bertz CT molecular complexity index is 384. The van der Waals surface area contributed by atoms with Gasteiger partial charge in [-0.1, -0.05) is 18.9 Å². The van der Waals surface area contributed by atoms with Crippen LogP contribution in [0.2, 0.25) is 0 Å². The van der Waals surface area contributed by atoms with Crippen molar-refractivity contribution in [2.75, 3.05) is 12.3 Å². The molecule has 1 aromatic rings. The van der Waals surface area contributed by atoms with Gasteiger partial charge in [-0.15, -0.1) is 0 Å². The monoisotopic (exact) mass is 249 g/mol. The van der Waals surface area contributed by atoms with Crippen molar-refractivity contribution in [1.29, 1.82) is 0 Å². The van der Waals surface area contributed by atoms with Crippen LogP contribution in [0.1, 0.15) is 39.5 Å². The van der Waals surface area contributed by atoms with E-state index in [-0.39, 0.29) is 6.10 Å². The zero-order valence-corrected chi connectivity index (χ0v) is 11.3. The second kappa shape index (κ2) is 5.98. The van der Waals surface area contributed by atoms with Crippen LogP contribution in [-0.2, 0) is 0 Å². The molecule has 2 N–H and O–H groups in total. The highest BCUT2D eigenvalue weighted by atomic mass is 16.5. The van der Waals surface area contributed by atoms with Crippen molar-refractivity contribution in [2.45, 2.75) is 45.6 Å². The molecule has 1 saturated carbocycles. The fourth-order valence-electron chi connectivity index (χ4n) is 2.39. The van der Waals surface area contributed by atoms with Gasteiger partial charge in [-0.05, 0) is 44.7 Å². The molecule has 3 nitrogen and oxygen atoms in total. The fourth-order valence-corrected chi connectivity index (χ4v) is 2.39. The average molecular weight is 249 g/mol. The maximum atomic E-state index is 6.07. The van der Waals surface area contributed by atoms with Crippen molar-refractivity contribution >= 4 is 5.69 Å². The molecule has 18 heavy (non-hydrogen) atoms. The van der Waals surface area contributed by atoms with Gasteiger partial charge in [-0.3, -0.25) is 0 Å². The third-order valence-corrected chi connectivity index (χ3v) is 3.34. The highest BCUT2D eigenvalue weighted by Gasteiger charge is 2.16. The van der Waals surface area contributed by atoms with Crippen LogP contribution in [-0.4, -0.2) is 12.7 Å². The molecule has 1 aliphatic rings. The summed E-state index contributed by atoms with van der Waals surface area (Å²) in [7, 11) is 0. The second-order valence-corrected chi connectivity index (χ2v) is 5.30. The van der Waals surface area contributed by atoms with E-state index in [9.17, 15) is 0 Å². The van der Waals surface area contributed by atoms with Gasteiger partial charge in [0.1, 0.15) is 17.2 Å². The molecule has 0 saturated heterocycles. The SMILES string of the molecule is CC(C)Oc1cccc(OCC2CCCC2)c1N. The fraction of sp³-hybridized carbons (Fsp3) is 0.600. The van der Waals surface area contributed by atoms with Crippen LogP contribution >= 0.6 is 0 Å². The van der Waals surface area contributed by atoms with Crippen molar-refractivity contribution in [2.24, 2.45) is 5.92 Å². The zero-order chi connectivity index (χ0) is 13.0. The third kappa shape index (κ3) is 3.31. The number of ether oxygens (including phenoxy) is 2. The lowest BCUT2D eigenvalue weighted by molar-refractivity contribution is 0.236. The topological polar surface area (TPSA) is 44.5 Å². The molecular weight excluding hydrogens is 226 g/mol. The third-order valence-electron chi connectivity index (χ3n) is 3.34. The molecular formula is C15H23NO2. The van der Waals surface area contributed by atoms with Gasteiger partial charge in [0.15, 0.2) is 0 Å². The first-order valence-corrected chi connectivity index (χ1v) is 6.84. The van der Waals surface area contributed by atoms with E-state index in [0.717, 1.165) is 12.4 Å². The highest BCUT2D eigenvalue weighted by Crippen LogP contribution is 2.33. The molecule has 0 heterocycles. The largest absolute Gasteiger partial charge is 0.491 e. The Hall–Kier alpha value is -1.38. The first-order valence-electron chi connectivity index (χ1n) is 6.84. The van der Waals surface area contributed by atoms with E-state index in [2.05, 4.69) is 0 Å². The molecule has 1 fully saturated rings. The first-order chi connectivity index (χ1) is 8.66. The predicted octanol–water partition coefficient (Wildman–Crippen LogP) is 3.63. The summed E-state index contributed by atoms with van der Waals surface area (Å²) >= 11 is 0. The van der Waals surface area contributed by atoms with Crippen molar-refractivity contribution in [3.8, 4) is 11.5 Å². The van der Waals surface area contributed by atoms with Crippen LogP contribution in [0.3, 0.4) is 0 Å². The maximum Gasteiger partial charge on any atom is 0.146 e. The summed E-state index contributed by atoms with van der Waals surface area (Å²) in [6.07, 6.45) is 5.35. The van der Waals surface area contributed by atoms with E-state index in [1.54, 1.807) is 0 Å². The molecule has 0 unspecified atom stereocenters. The number of nitrogen functional groups attached to an aromatic ring is 1. The maximum absolute atomic E-state index is 6.07. The number of hydrogen-bond acceptors (Lipinski definition) is 3. The molecule has 100 valence electrons. The van der Waals surface area contributed by atoms with Gasteiger partial charge in [-0.2, -0.15) is 0 Å². The van der Waals surface area contributed by atoms with Gasteiger partial charge < -0.3 is 15.2 Å². The van der Waals surface area contributed by atoms with E-state index in [1.165, 1.54) is 25.7 Å². The zero-order valence-electron chi connectivity index (χ0n) is 11.3.